The number of carbonyl (C=O) groups is 1. The van der Waals surface area contributed by atoms with Gasteiger partial charge in [0.2, 0.25) is 0 Å². The SMILES string of the molecule is Cn1c(Cc2ccc(C#N)cc2)nc2cc(O[C@H]3CC[C@@H](C(=O)O)CC3)ccc21. The molecule has 4 rings (SSSR count). The maximum absolute atomic E-state index is 11.1. The van der Waals surface area contributed by atoms with Gasteiger partial charge < -0.3 is 14.4 Å². The van der Waals surface area contributed by atoms with Crippen molar-refractivity contribution in [2.75, 3.05) is 0 Å². The summed E-state index contributed by atoms with van der Waals surface area (Å²) >= 11 is 0. The summed E-state index contributed by atoms with van der Waals surface area (Å²) in [7, 11) is 2.00. The number of carboxylic acids is 1. The van der Waals surface area contributed by atoms with Crippen LogP contribution in [0.2, 0.25) is 0 Å². The predicted molar refractivity (Wildman–Crippen MR) is 109 cm³/mol. The van der Waals surface area contributed by atoms with E-state index >= 15 is 0 Å². The van der Waals surface area contributed by atoms with Crippen molar-refractivity contribution in [3.8, 4) is 11.8 Å². The zero-order chi connectivity index (χ0) is 20.4. The molecule has 2 aromatic carbocycles. The van der Waals surface area contributed by atoms with Crippen LogP contribution in [0.3, 0.4) is 0 Å². The van der Waals surface area contributed by atoms with Gasteiger partial charge in [0.05, 0.1) is 34.7 Å². The van der Waals surface area contributed by atoms with Crippen LogP contribution >= 0.6 is 0 Å². The molecular weight excluding hydrogens is 366 g/mol. The second-order valence-corrected chi connectivity index (χ2v) is 7.65. The van der Waals surface area contributed by atoms with Gasteiger partial charge in [-0.15, -0.1) is 0 Å². The number of aromatic nitrogens is 2. The second kappa shape index (κ2) is 7.96. The lowest BCUT2D eigenvalue weighted by atomic mass is 9.87. The van der Waals surface area contributed by atoms with Crippen LogP contribution in [0.25, 0.3) is 11.0 Å². The average molecular weight is 389 g/mol. The van der Waals surface area contributed by atoms with Gasteiger partial charge in [-0.25, -0.2) is 4.98 Å². The minimum atomic E-state index is -0.701. The lowest BCUT2D eigenvalue weighted by molar-refractivity contribution is -0.143. The molecule has 6 heteroatoms. The van der Waals surface area contributed by atoms with Crippen molar-refractivity contribution < 1.29 is 14.6 Å². The highest BCUT2D eigenvalue weighted by atomic mass is 16.5. The number of ether oxygens (including phenoxy) is 1. The van der Waals surface area contributed by atoms with Crippen molar-refractivity contribution in [2.24, 2.45) is 13.0 Å². The normalized spacial score (nSPS) is 19.0. The fourth-order valence-electron chi connectivity index (χ4n) is 3.96. The van der Waals surface area contributed by atoms with Crippen molar-refractivity contribution in [3.63, 3.8) is 0 Å². The summed E-state index contributed by atoms with van der Waals surface area (Å²) in [6.07, 6.45) is 3.61. The molecule has 0 amide bonds. The third kappa shape index (κ3) is 4.09. The van der Waals surface area contributed by atoms with E-state index in [1.54, 1.807) is 0 Å². The molecule has 0 aliphatic heterocycles. The van der Waals surface area contributed by atoms with Crippen molar-refractivity contribution in [1.29, 1.82) is 5.26 Å². The molecule has 1 aliphatic rings. The minimum Gasteiger partial charge on any atom is -0.490 e. The van der Waals surface area contributed by atoms with Crippen LogP contribution in [-0.2, 0) is 18.3 Å². The first-order valence-corrected chi connectivity index (χ1v) is 9.87. The summed E-state index contributed by atoms with van der Waals surface area (Å²) in [5, 5.41) is 18.1. The molecule has 1 saturated carbocycles. The van der Waals surface area contributed by atoms with E-state index < -0.39 is 5.97 Å². The fourth-order valence-corrected chi connectivity index (χ4v) is 3.96. The van der Waals surface area contributed by atoms with Gasteiger partial charge in [-0.1, -0.05) is 12.1 Å². The zero-order valence-corrected chi connectivity index (χ0v) is 16.3. The quantitative estimate of drug-likeness (QED) is 0.711. The fraction of sp³-hybridized carbons (Fsp3) is 0.348. The number of fused-ring (bicyclic) bond motifs is 1. The van der Waals surface area contributed by atoms with Crippen LogP contribution in [0.1, 0.15) is 42.6 Å². The first-order chi connectivity index (χ1) is 14.0. The smallest absolute Gasteiger partial charge is 0.306 e. The van der Waals surface area contributed by atoms with Gasteiger partial charge in [0, 0.05) is 19.5 Å². The Morgan fingerprint density at radius 3 is 2.59 bits per heavy atom. The van der Waals surface area contributed by atoms with E-state index in [0.29, 0.717) is 24.8 Å². The maximum Gasteiger partial charge on any atom is 0.306 e. The largest absolute Gasteiger partial charge is 0.490 e. The van der Waals surface area contributed by atoms with Gasteiger partial charge in [-0.05, 0) is 55.5 Å². The molecule has 1 fully saturated rings. The first kappa shape index (κ1) is 19.0. The monoisotopic (exact) mass is 389 g/mol. The lowest BCUT2D eigenvalue weighted by Gasteiger charge is -2.26. The van der Waals surface area contributed by atoms with Crippen LogP contribution in [-0.4, -0.2) is 26.7 Å². The Hall–Kier alpha value is -3.33. The highest BCUT2D eigenvalue weighted by molar-refractivity contribution is 5.77. The van der Waals surface area contributed by atoms with E-state index in [-0.39, 0.29) is 12.0 Å². The van der Waals surface area contributed by atoms with Gasteiger partial charge in [0.15, 0.2) is 0 Å². The number of rotatable bonds is 5. The minimum absolute atomic E-state index is 0.0601. The molecule has 0 radical (unpaired) electrons. The van der Waals surface area contributed by atoms with Crippen LogP contribution < -0.4 is 4.74 Å². The molecule has 0 atom stereocenters. The van der Waals surface area contributed by atoms with E-state index in [0.717, 1.165) is 41.0 Å². The van der Waals surface area contributed by atoms with Crippen molar-refractivity contribution in [1.82, 2.24) is 9.55 Å². The molecule has 1 heterocycles. The van der Waals surface area contributed by atoms with Crippen molar-refractivity contribution in [3.05, 3.63) is 59.4 Å². The van der Waals surface area contributed by atoms with E-state index in [4.69, 9.17) is 20.1 Å². The molecular formula is C23H23N3O3. The van der Waals surface area contributed by atoms with Crippen molar-refractivity contribution in [2.45, 2.75) is 38.2 Å². The molecule has 148 valence electrons. The van der Waals surface area contributed by atoms with E-state index in [1.807, 2.05) is 49.5 Å². The number of aliphatic carboxylic acids is 1. The van der Waals surface area contributed by atoms with Gasteiger partial charge >= 0.3 is 5.97 Å². The molecule has 1 N–H and O–H groups in total. The Morgan fingerprint density at radius 2 is 1.93 bits per heavy atom. The number of imidazole rings is 1. The van der Waals surface area contributed by atoms with Crippen LogP contribution in [0.4, 0.5) is 0 Å². The maximum atomic E-state index is 11.1. The van der Waals surface area contributed by atoms with E-state index in [9.17, 15) is 4.79 Å². The number of hydrogen-bond acceptors (Lipinski definition) is 4. The standard InChI is InChI=1S/C23H23N3O3/c1-26-21-11-10-19(29-18-8-6-17(7-9-18)23(27)28)13-20(21)25-22(26)12-15-2-4-16(14-24)5-3-15/h2-5,10-11,13,17-18H,6-9,12H2,1H3,(H,27,28)/t17-,18+. The predicted octanol–water partition coefficient (Wildman–Crippen LogP) is 4.06. The molecule has 0 unspecified atom stereocenters. The Bertz CT molecular complexity index is 1070. The Labute approximate surface area is 169 Å². The molecule has 0 spiro atoms. The van der Waals surface area contributed by atoms with Gasteiger partial charge in [0.1, 0.15) is 11.6 Å². The second-order valence-electron chi connectivity index (χ2n) is 7.65. The number of carboxylic acid groups (broad SMARTS) is 1. The molecule has 3 aromatic rings. The number of nitriles is 1. The van der Waals surface area contributed by atoms with Gasteiger partial charge in [-0.3, -0.25) is 4.79 Å². The summed E-state index contributed by atoms with van der Waals surface area (Å²) < 4.78 is 8.19. The summed E-state index contributed by atoms with van der Waals surface area (Å²) in [5.74, 6) is 0.786. The molecule has 1 aromatic heterocycles. The van der Waals surface area contributed by atoms with E-state index in [2.05, 4.69) is 10.6 Å². The van der Waals surface area contributed by atoms with Crippen LogP contribution in [0.5, 0.6) is 5.75 Å². The Kier molecular flexibility index (Phi) is 5.22. The van der Waals surface area contributed by atoms with Crippen molar-refractivity contribution >= 4 is 17.0 Å². The topological polar surface area (TPSA) is 88.1 Å². The number of benzene rings is 2. The van der Waals surface area contributed by atoms with Crippen LogP contribution in [0, 0.1) is 17.2 Å². The number of nitrogens with zero attached hydrogens (tertiary/aromatic N) is 3. The third-order valence-electron chi connectivity index (χ3n) is 5.72. The molecule has 6 nitrogen and oxygen atoms in total. The number of aryl methyl sites for hydroxylation is 1. The molecule has 0 saturated heterocycles. The average Bonchev–Trinajstić information content (AvgIpc) is 3.03. The summed E-state index contributed by atoms with van der Waals surface area (Å²) in [6.45, 7) is 0. The Morgan fingerprint density at radius 1 is 1.21 bits per heavy atom. The molecule has 1 aliphatic carbocycles. The lowest BCUT2D eigenvalue weighted by Crippen LogP contribution is -2.27. The van der Waals surface area contributed by atoms with Gasteiger partial charge in [0.25, 0.3) is 0 Å². The summed E-state index contributed by atoms with van der Waals surface area (Å²) in [5.41, 5.74) is 3.68. The summed E-state index contributed by atoms with van der Waals surface area (Å²) in [6, 6.07) is 15.6. The number of hydrogen-bond donors (Lipinski definition) is 1. The first-order valence-electron chi connectivity index (χ1n) is 9.87. The molecule has 29 heavy (non-hydrogen) atoms. The van der Waals surface area contributed by atoms with Crippen LogP contribution in [0.15, 0.2) is 42.5 Å². The third-order valence-corrected chi connectivity index (χ3v) is 5.72. The highest BCUT2D eigenvalue weighted by Gasteiger charge is 2.27. The zero-order valence-electron chi connectivity index (χ0n) is 16.3. The van der Waals surface area contributed by atoms with Gasteiger partial charge in [-0.2, -0.15) is 5.26 Å². The highest BCUT2D eigenvalue weighted by Crippen LogP contribution is 2.29. The molecule has 0 bridgehead atoms. The van der Waals surface area contributed by atoms with E-state index in [1.165, 1.54) is 0 Å². The Balaban J connectivity index is 1.48. The summed E-state index contributed by atoms with van der Waals surface area (Å²) in [4.78, 5) is 15.9.